The van der Waals surface area contributed by atoms with Gasteiger partial charge in [0.25, 0.3) is 5.91 Å². The van der Waals surface area contributed by atoms with E-state index in [4.69, 9.17) is 9.84 Å². The maximum Gasteiger partial charge on any atom is 0.341 e. The van der Waals surface area contributed by atoms with Gasteiger partial charge in [0.2, 0.25) is 5.91 Å². The van der Waals surface area contributed by atoms with Crippen molar-refractivity contribution in [2.24, 2.45) is 0 Å². The summed E-state index contributed by atoms with van der Waals surface area (Å²) in [7, 11) is 1.56. The molecule has 1 aliphatic heterocycles. The molecule has 0 radical (unpaired) electrons. The highest BCUT2D eigenvalue weighted by molar-refractivity contribution is 5.98. The lowest BCUT2D eigenvalue weighted by Crippen LogP contribution is -2.51. The molecule has 1 heterocycles. The van der Waals surface area contributed by atoms with Crippen LogP contribution in [0.4, 0.5) is 0 Å². The maximum absolute atomic E-state index is 12.7. The minimum absolute atomic E-state index is 0.170. The van der Waals surface area contributed by atoms with E-state index in [1.807, 2.05) is 0 Å². The van der Waals surface area contributed by atoms with E-state index in [1.165, 1.54) is 6.07 Å². The van der Waals surface area contributed by atoms with Crippen molar-refractivity contribution in [3.63, 3.8) is 0 Å². The second-order valence-corrected chi connectivity index (χ2v) is 5.33. The zero-order valence-corrected chi connectivity index (χ0v) is 12.9. The standard InChI is InChI=1S/C16H20N2O5/c1-17-15(21)13-7-2-3-8-18(13)16(22)11-5-4-6-12(9-11)23-10-14(19)20/h4-6,9,13H,2-3,7-8,10H2,1H3,(H,17,21)(H,19,20). The van der Waals surface area contributed by atoms with Crippen molar-refractivity contribution in [2.45, 2.75) is 25.3 Å². The van der Waals surface area contributed by atoms with E-state index < -0.39 is 18.6 Å². The first-order valence-corrected chi connectivity index (χ1v) is 7.50. The van der Waals surface area contributed by atoms with Gasteiger partial charge < -0.3 is 20.1 Å². The van der Waals surface area contributed by atoms with Gasteiger partial charge in [0.15, 0.2) is 6.61 Å². The minimum atomic E-state index is -1.09. The molecule has 2 rings (SSSR count). The fourth-order valence-corrected chi connectivity index (χ4v) is 2.64. The van der Waals surface area contributed by atoms with Gasteiger partial charge in [-0.05, 0) is 37.5 Å². The number of nitrogens with zero attached hydrogens (tertiary/aromatic N) is 1. The number of hydrogen-bond acceptors (Lipinski definition) is 4. The summed E-state index contributed by atoms with van der Waals surface area (Å²) in [5, 5.41) is 11.2. The molecule has 1 aromatic carbocycles. The topological polar surface area (TPSA) is 95.9 Å². The first kappa shape index (κ1) is 16.8. The van der Waals surface area contributed by atoms with Crippen LogP contribution in [0.25, 0.3) is 0 Å². The molecule has 0 saturated carbocycles. The Morgan fingerprint density at radius 3 is 2.83 bits per heavy atom. The lowest BCUT2D eigenvalue weighted by atomic mass is 10.00. The number of carboxylic acids is 1. The quantitative estimate of drug-likeness (QED) is 0.840. The largest absolute Gasteiger partial charge is 0.482 e. The number of nitrogens with one attached hydrogen (secondary N) is 1. The van der Waals surface area contributed by atoms with Gasteiger partial charge in [-0.25, -0.2) is 4.79 Å². The molecule has 0 spiro atoms. The van der Waals surface area contributed by atoms with Crippen molar-refractivity contribution < 1.29 is 24.2 Å². The Bertz CT molecular complexity index is 602. The summed E-state index contributed by atoms with van der Waals surface area (Å²) in [5.41, 5.74) is 0.378. The van der Waals surface area contributed by atoms with Gasteiger partial charge >= 0.3 is 5.97 Å². The van der Waals surface area contributed by atoms with Crippen molar-refractivity contribution >= 4 is 17.8 Å². The summed E-state index contributed by atoms with van der Waals surface area (Å²) in [5.74, 6) is -1.19. The highest BCUT2D eigenvalue weighted by Gasteiger charge is 2.32. The molecule has 0 aromatic heterocycles. The third-order valence-electron chi connectivity index (χ3n) is 3.76. The number of rotatable bonds is 5. The molecule has 0 aliphatic carbocycles. The molecule has 23 heavy (non-hydrogen) atoms. The van der Waals surface area contributed by atoms with Crippen molar-refractivity contribution in [1.82, 2.24) is 10.2 Å². The number of aliphatic carboxylic acids is 1. The van der Waals surface area contributed by atoms with Crippen molar-refractivity contribution in [1.29, 1.82) is 0 Å². The summed E-state index contributed by atoms with van der Waals surface area (Å²) in [6.45, 7) is 0.0549. The van der Waals surface area contributed by atoms with Crippen LogP contribution >= 0.6 is 0 Å². The van der Waals surface area contributed by atoms with Gasteiger partial charge in [0.1, 0.15) is 11.8 Å². The highest BCUT2D eigenvalue weighted by atomic mass is 16.5. The molecule has 7 nitrogen and oxygen atoms in total. The van der Waals surface area contributed by atoms with Gasteiger partial charge in [0.05, 0.1) is 0 Å². The van der Waals surface area contributed by atoms with Crippen LogP contribution in [-0.4, -0.2) is 54.0 Å². The Morgan fingerprint density at radius 2 is 2.13 bits per heavy atom. The van der Waals surface area contributed by atoms with E-state index in [9.17, 15) is 14.4 Å². The van der Waals surface area contributed by atoms with Gasteiger partial charge in [-0.15, -0.1) is 0 Å². The molecule has 1 aromatic rings. The number of ether oxygens (including phenoxy) is 1. The first-order chi connectivity index (χ1) is 11.0. The first-order valence-electron chi connectivity index (χ1n) is 7.50. The fourth-order valence-electron chi connectivity index (χ4n) is 2.64. The van der Waals surface area contributed by atoms with Crippen molar-refractivity contribution in [2.75, 3.05) is 20.2 Å². The van der Waals surface area contributed by atoms with E-state index in [2.05, 4.69) is 5.32 Å². The van der Waals surface area contributed by atoms with E-state index in [1.54, 1.807) is 30.1 Å². The molecule has 1 aliphatic rings. The maximum atomic E-state index is 12.7. The Hall–Kier alpha value is -2.57. The Kier molecular flexibility index (Phi) is 5.56. The number of carbonyl (C=O) groups excluding carboxylic acids is 2. The summed E-state index contributed by atoms with van der Waals surface area (Å²) in [6.07, 6.45) is 2.40. The van der Waals surface area contributed by atoms with E-state index >= 15 is 0 Å². The van der Waals surface area contributed by atoms with Crippen LogP contribution in [0.15, 0.2) is 24.3 Å². The van der Waals surface area contributed by atoms with Gasteiger partial charge in [-0.3, -0.25) is 9.59 Å². The molecule has 0 bridgehead atoms. The van der Waals surface area contributed by atoms with Crippen molar-refractivity contribution in [3.8, 4) is 5.75 Å². The normalized spacial score (nSPS) is 17.4. The Morgan fingerprint density at radius 1 is 1.35 bits per heavy atom. The summed E-state index contributed by atoms with van der Waals surface area (Å²) in [4.78, 5) is 36.8. The zero-order chi connectivity index (χ0) is 16.8. The number of likely N-dealkylation sites (N-methyl/N-ethyl adjacent to an activating group) is 1. The lowest BCUT2D eigenvalue weighted by molar-refractivity contribution is -0.139. The predicted octanol–water partition coefficient (Wildman–Crippen LogP) is 0.891. The molecule has 1 fully saturated rings. The number of carboxylic acid groups (broad SMARTS) is 1. The number of benzene rings is 1. The van der Waals surface area contributed by atoms with Crippen molar-refractivity contribution in [3.05, 3.63) is 29.8 Å². The number of likely N-dealkylation sites (tertiary alicyclic amines) is 1. The van der Waals surface area contributed by atoms with Gasteiger partial charge in [-0.2, -0.15) is 0 Å². The average molecular weight is 320 g/mol. The van der Waals surface area contributed by atoms with Gasteiger partial charge in [-0.1, -0.05) is 6.07 Å². The molecule has 7 heteroatoms. The number of hydrogen-bond donors (Lipinski definition) is 2. The zero-order valence-electron chi connectivity index (χ0n) is 12.9. The minimum Gasteiger partial charge on any atom is -0.482 e. The van der Waals surface area contributed by atoms with E-state index in [0.29, 0.717) is 24.3 Å². The van der Waals surface area contributed by atoms with Crippen LogP contribution < -0.4 is 10.1 Å². The molecule has 124 valence electrons. The van der Waals surface area contributed by atoms with Crippen LogP contribution in [-0.2, 0) is 9.59 Å². The number of amides is 2. The third-order valence-corrected chi connectivity index (χ3v) is 3.76. The Labute approximate surface area is 134 Å². The van der Waals surface area contributed by atoms with Gasteiger partial charge in [0, 0.05) is 19.2 Å². The SMILES string of the molecule is CNC(=O)C1CCCCN1C(=O)c1cccc(OCC(=O)O)c1. The predicted molar refractivity (Wildman–Crippen MR) is 82.3 cm³/mol. The average Bonchev–Trinajstić information content (AvgIpc) is 2.59. The van der Waals surface area contributed by atoms with E-state index in [0.717, 1.165) is 12.8 Å². The monoisotopic (exact) mass is 320 g/mol. The molecular formula is C16H20N2O5. The van der Waals surface area contributed by atoms with Crippen LogP contribution in [0.2, 0.25) is 0 Å². The smallest absolute Gasteiger partial charge is 0.341 e. The molecule has 1 saturated heterocycles. The number of carbonyl (C=O) groups is 3. The summed E-state index contributed by atoms with van der Waals surface area (Å²) < 4.78 is 5.09. The number of piperidine rings is 1. The summed E-state index contributed by atoms with van der Waals surface area (Å²) >= 11 is 0. The fraction of sp³-hybridized carbons (Fsp3) is 0.438. The molecule has 2 N–H and O–H groups in total. The highest BCUT2D eigenvalue weighted by Crippen LogP contribution is 2.22. The molecular weight excluding hydrogens is 300 g/mol. The van der Waals surface area contributed by atoms with Crippen LogP contribution in [0, 0.1) is 0 Å². The third kappa shape index (κ3) is 4.21. The molecule has 1 atom stereocenters. The van der Waals surface area contributed by atoms with E-state index in [-0.39, 0.29) is 11.8 Å². The molecule has 1 unspecified atom stereocenters. The second kappa shape index (κ2) is 7.62. The van der Waals surface area contributed by atoms with Crippen LogP contribution in [0.1, 0.15) is 29.6 Å². The van der Waals surface area contributed by atoms with Crippen LogP contribution in [0.3, 0.4) is 0 Å². The molecule has 2 amide bonds. The second-order valence-electron chi connectivity index (χ2n) is 5.33. The summed E-state index contributed by atoms with van der Waals surface area (Å²) in [6, 6.07) is 5.88. The Balaban J connectivity index is 2.16. The lowest BCUT2D eigenvalue weighted by Gasteiger charge is -2.34. The van der Waals surface area contributed by atoms with Crippen LogP contribution in [0.5, 0.6) is 5.75 Å².